The number of nitrogens with one attached hydrogen (secondary N) is 1. The van der Waals surface area contributed by atoms with E-state index in [-0.39, 0.29) is 12.1 Å². The monoisotopic (exact) mass is 468 g/mol. The van der Waals surface area contributed by atoms with Gasteiger partial charge in [-0.1, -0.05) is 35.6 Å². The molecular formula is C25H20N6S2. The third kappa shape index (κ3) is 3.67. The fourth-order valence-corrected chi connectivity index (χ4v) is 5.63. The van der Waals surface area contributed by atoms with Crippen LogP contribution in [0.1, 0.15) is 29.0 Å². The summed E-state index contributed by atoms with van der Waals surface area (Å²) in [5, 5.41) is 5.17. The van der Waals surface area contributed by atoms with Gasteiger partial charge in [0.15, 0.2) is 10.2 Å². The molecule has 5 aromatic rings. The Balaban J connectivity index is 1.46. The highest BCUT2D eigenvalue weighted by Crippen LogP contribution is 2.41. The molecule has 162 valence electrons. The molecule has 0 amide bonds. The quantitative estimate of drug-likeness (QED) is 0.364. The van der Waals surface area contributed by atoms with Crippen molar-refractivity contribution < 1.29 is 0 Å². The van der Waals surface area contributed by atoms with Crippen LogP contribution in [-0.2, 0) is 6.54 Å². The number of benzene rings is 1. The van der Waals surface area contributed by atoms with E-state index < -0.39 is 0 Å². The minimum absolute atomic E-state index is 0.0605. The first kappa shape index (κ1) is 20.0. The Morgan fingerprint density at radius 1 is 0.970 bits per heavy atom. The predicted octanol–water partition coefficient (Wildman–Crippen LogP) is 5.05. The van der Waals surface area contributed by atoms with Gasteiger partial charge in [0.05, 0.1) is 33.7 Å². The summed E-state index contributed by atoms with van der Waals surface area (Å²) < 4.78 is 3.35. The predicted molar refractivity (Wildman–Crippen MR) is 134 cm³/mol. The first-order chi connectivity index (χ1) is 16.3. The molecule has 1 aliphatic rings. The molecule has 1 saturated heterocycles. The molecule has 1 aliphatic heterocycles. The lowest BCUT2D eigenvalue weighted by Gasteiger charge is -2.28. The third-order valence-corrected chi connectivity index (χ3v) is 7.23. The van der Waals surface area contributed by atoms with Crippen LogP contribution in [0.2, 0.25) is 0 Å². The molecule has 0 saturated carbocycles. The zero-order valence-corrected chi connectivity index (χ0v) is 19.2. The lowest BCUT2D eigenvalue weighted by molar-refractivity contribution is 0.302. The van der Waals surface area contributed by atoms with Crippen LogP contribution in [0.4, 0.5) is 0 Å². The molecule has 1 fully saturated rings. The molecule has 0 unspecified atom stereocenters. The maximum atomic E-state index is 5.82. The number of fused-ring (bicyclic) bond motifs is 1. The lowest BCUT2D eigenvalue weighted by atomic mass is 10.0. The van der Waals surface area contributed by atoms with Gasteiger partial charge < -0.3 is 10.2 Å². The molecule has 0 radical (unpaired) electrons. The number of hydrogen-bond donors (Lipinski definition) is 1. The highest BCUT2D eigenvalue weighted by atomic mass is 32.1. The van der Waals surface area contributed by atoms with Crippen LogP contribution < -0.4 is 5.32 Å². The van der Waals surface area contributed by atoms with Gasteiger partial charge in [0.2, 0.25) is 0 Å². The standard InChI is InChI=1S/C25H20N6S2/c32-24-29-22(19-9-3-4-13-27-19)23(31(24)16-17-7-5-12-26-15-17)20-10-6-14-30(20)25-28-18-8-1-2-11-21(18)33-25/h1-15,22-23H,16H2,(H,29,32)/t22-,23-/m0/s1. The number of pyridine rings is 2. The number of aromatic nitrogens is 4. The summed E-state index contributed by atoms with van der Waals surface area (Å²) in [4.78, 5) is 16.1. The van der Waals surface area contributed by atoms with Crippen molar-refractivity contribution in [2.75, 3.05) is 0 Å². The van der Waals surface area contributed by atoms with Crippen molar-refractivity contribution in [3.05, 3.63) is 108 Å². The average molecular weight is 469 g/mol. The van der Waals surface area contributed by atoms with Crippen LogP contribution in [0.3, 0.4) is 0 Å². The van der Waals surface area contributed by atoms with Gasteiger partial charge in [-0.05, 0) is 60.2 Å². The molecule has 5 heterocycles. The Kier molecular flexibility index (Phi) is 5.09. The summed E-state index contributed by atoms with van der Waals surface area (Å²) in [5.41, 5.74) is 4.17. The molecule has 8 heteroatoms. The zero-order chi connectivity index (χ0) is 22.2. The van der Waals surface area contributed by atoms with Gasteiger partial charge in [0.1, 0.15) is 0 Å². The van der Waals surface area contributed by atoms with Crippen molar-refractivity contribution >= 4 is 38.9 Å². The fourth-order valence-electron chi connectivity index (χ4n) is 4.36. The molecule has 33 heavy (non-hydrogen) atoms. The van der Waals surface area contributed by atoms with Crippen LogP contribution >= 0.6 is 23.6 Å². The van der Waals surface area contributed by atoms with Crippen molar-refractivity contribution in [3.8, 4) is 5.13 Å². The Morgan fingerprint density at radius 3 is 2.70 bits per heavy atom. The molecule has 1 N–H and O–H groups in total. The summed E-state index contributed by atoms with van der Waals surface area (Å²) in [5.74, 6) is 0. The molecule has 0 aliphatic carbocycles. The molecule has 2 atom stereocenters. The number of nitrogens with zero attached hydrogens (tertiary/aromatic N) is 5. The van der Waals surface area contributed by atoms with Crippen LogP contribution in [0.15, 0.2) is 91.5 Å². The van der Waals surface area contributed by atoms with Gasteiger partial charge in [0, 0.05) is 31.3 Å². The van der Waals surface area contributed by atoms with E-state index in [2.05, 4.69) is 61.3 Å². The lowest BCUT2D eigenvalue weighted by Crippen LogP contribution is -2.30. The topological polar surface area (TPSA) is 58.9 Å². The highest BCUT2D eigenvalue weighted by molar-refractivity contribution is 7.80. The average Bonchev–Trinajstić information content (AvgIpc) is 3.57. The summed E-state index contributed by atoms with van der Waals surface area (Å²) in [6.07, 6.45) is 7.58. The SMILES string of the molecule is S=C1N[C@@H](c2ccccn2)[C@H](c2cccn2-c2nc3ccccc3s2)N1Cc1cccnc1. The van der Waals surface area contributed by atoms with Gasteiger partial charge >= 0.3 is 0 Å². The summed E-state index contributed by atoms with van der Waals surface area (Å²) in [6.45, 7) is 0.651. The Hall–Kier alpha value is -3.62. The molecular weight excluding hydrogens is 448 g/mol. The molecule has 6 rings (SSSR count). The van der Waals surface area contributed by atoms with Crippen LogP contribution in [0.25, 0.3) is 15.3 Å². The number of thiocarbonyl (C=S) groups is 1. The van der Waals surface area contributed by atoms with E-state index in [4.69, 9.17) is 17.2 Å². The van der Waals surface area contributed by atoms with Gasteiger partial charge in [-0.25, -0.2) is 4.98 Å². The van der Waals surface area contributed by atoms with Crippen molar-refractivity contribution in [1.29, 1.82) is 0 Å². The van der Waals surface area contributed by atoms with E-state index in [1.54, 1.807) is 17.5 Å². The number of thiazole rings is 1. The van der Waals surface area contributed by atoms with Crippen LogP contribution in [-0.4, -0.2) is 29.5 Å². The van der Waals surface area contributed by atoms with Crippen molar-refractivity contribution in [3.63, 3.8) is 0 Å². The van der Waals surface area contributed by atoms with Gasteiger partial charge in [-0.15, -0.1) is 0 Å². The van der Waals surface area contributed by atoms with E-state index >= 15 is 0 Å². The maximum absolute atomic E-state index is 5.82. The Bertz CT molecular complexity index is 1380. The zero-order valence-electron chi connectivity index (χ0n) is 17.6. The largest absolute Gasteiger partial charge is 0.352 e. The second kappa shape index (κ2) is 8.38. The second-order valence-corrected chi connectivity index (χ2v) is 9.28. The smallest absolute Gasteiger partial charge is 0.194 e. The second-order valence-electron chi connectivity index (χ2n) is 7.88. The third-order valence-electron chi connectivity index (χ3n) is 5.85. The molecule has 1 aromatic carbocycles. The minimum atomic E-state index is -0.0848. The van der Waals surface area contributed by atoms with Gasteiger partial charge in [-0.3, -0.25) is 14.5 Å². The Labute approximate surface area is 200 Å². The van der Waals surface area contributed by atoms with Crippen LogP contribution in [0.5, 0.6) is 0 Å². The fraction of sp³-hybridized carbons (Fsp3) is 0.120. The van der Waals surface area contributed by atoms with E-state index in [1.807, 2.05) is 48.8 Å². The summed E-state index contributed by atoms with van der Waals surface area (Å²) >= 11 is 7.51. The number of rotatable bonds is 5. The maximum Gasteiger partial charge on any atom is 0.194 e. The normalized spacial score (nSPS) is 18.1. The first-order valence-electron chi connectivity index (χ1n) is 10.7. The Morgan fingerprint density at radius 2 is 1.88 bits per heavy atom. The number of hydrogen-bond acceptors (Lipinski definition) is 5. The highest BCUT2D eigenvalue weighted by Gasteiger charge is 2.41. The summed E-state index contributed by atoms with van der Waals surface area (Å²) in [7, 11) is 0. The molecule has 0 bridgehead atoms. The van der Waals surface area contributed by atoms with E-state index in [1.165, 1.54) is 4.70 Å². The number of para-hydroxylation sites is 1. The van der Waals surface area contributed by atoms with Crippen molar-refractivity contribution in [2.24, 2.45) is 0 Å². The van der Waals surface area contributed by atoms with Gasteiger partial charge in [-0.2, -0.15) is 0 Å². The molecule has 6 nitrogen and oxygen atoms in total. The van der Waals surface area contributed by atoms with Crippen molar-refractivity contribution in [2.45, 2.75) is 18.6 Å². The van der Waals surface area contributed by atoms with E-state index in [0.29, 0.717) is 11.7 Å². The summed E-state index contributed by atoms with van der Waals surface area (Å²) in [6, 6.07) is 22.3. The van der Waals surface area contributed by atoms with Gasteiger partial charge in [0.25, 0.3) is 0 Å². The van der Waals surface area contributed by atoms with Crippen LogP contribution in [0, 0.1) is 0 Å². The first-order valence-corrected chi connectivity index (χ1v) is 11.9. The minimum Gasteiger partial charge on any atom is -0.352 e. The van der Waals surface area contributed by atoms with E-state index in [0.717, 1.165) is 27.6 Å². The molecule has 4 aromatic heterocycles. The molecule has 0 spiro atoms. The van der Waals surface area contributed by atoms with E-state index in [9.17, 15) is 0 Å². The van der Waals surface area contributed by atoms with Crippen molar-refractivity contribution in [1.82, 2.24) is 29.7 Å².